The van der Waals surface area contributed by atoms with Crippen LogP contribution in [0.3, 0.4) is 0 Å². The summed E-state index contributed by atoms with van der Waals surface area (Å²) in [7, 11) is 1.20. The van der Waals surface area contributed by atoms with Gasteiger partial charge in [0.05, 0.1) is 24.7 Å². The van der Waals surface area contributed by atoms with Crippen molar-refractivity contribution in [3.05, 3.63) is 52.0 Å². The van der Waals surface area contributed by atoms with Crippen molar-refractivity contribution in [3.63, 3.8) is 0 Å². The van der Waals surface area contributed by atoms with Gasteiger partial charge in [0.25, 0.3) is 0 Å². The summed E-state index contributed by atoms with van der Waals surface area (Å²) in [5, 5.41) is 6.68. The summed E-state index contributed by atoms with van der Waals surface area (Å²) >= 11 is 1.35. The Morgan fingerprint density at radius 3 is 2.43 bits per heavy atom. The van der Waals surface area contributed by atoms with Crippen LogP contribution in [0.2, 0.25) is 0 Å². The summed E-state index contributed by atoms with van der Waals surface area (Å²) in [6.45, 7) is 1.43. The second kappa shape index (κ2) is 9.88. The molecule has 2 atom stereocenters. The average molecular weight is 411 g/mol. The fraction of sp³-hybridized carbons (Fsp3) is 0.333. The molecule has 2 rings (SSSR count). The van der Waals surface area contributed by atoms with Crippen molar-refractivity contribution in [2.45, 2.75) is 31.8 Å². The van der Waals surface area contributed by atoms with Gasteiger partial charge in [0.1, 0.15) is 23.7 Å². The maximum absolute atomic E-state index is 13.2. The fourth-order valence-electron chi connectivity index (χ4n) is 2.44. The molecule has 10 heteroatoms. The number of nitrogens with one attached hydrogen (secondary N) is 2. The molecule has 0 unspecified atom stereocenters. The molecule has 7 nitrogen and oxygen atoms in total. The molecule has 0 aliphatic rings. The van der Waals surface area contributed by atoms with Crippen molar-refractivity contribution in [2.75, 3.05) is 7.11 Å². The van der Waals surface area contributed by atoms with E-state index in [1.165, 1.54) is 25.4 Å². The first-order chi connectivity index (χ1) is 13.3. The van der Waals surface area contributed by atoms with Gasteiger partial charge in [-0.3, -0.25) is 9.59 Å². The van der Waals surface area contributed by atoms with Crippen LogP contribution in [0.1, 0.15) is 18.2 Å². The number of esters is 1. The van der Waals surface area contributed by atoms with Crippen LogP contribution in [0.5, 0.6) is 0 Å². The van der Waals surface area contributed by atoms with Crippen molar-refractivity contribution < 1.29 is 27.9 Å². The highest BCUT2D eigenvalue weighted by Crippen LogP contribution is 2.09. The molecule has 0 saturated carbocycles. The third kappa shape index (κ3) is 6.38. The number of thiazole rings is 1. The van der Waals surface area contributed by atoms with E-state index in [0.29, 0.717) is 11.8 Å². The van der Waals surface area contributed by atoms with Crippen LogP contribution in [-0.2, 0) is 32.0 Å². The zero-order valence-corrected chi connectivity index (χ0v) is 16.0. The maximum Gasteiger partial charge on any atom is 0.328 e. The Labute approximate surface area is 164 Å². The van der Waals surface area contributed by atoms with Crippen LogP contribution in [0.25, 0.3) is 0 Å². The molecule has 0 saturated heterocycles. The number of amides is 2. The number of hydrogen-bond acceptors (Lipinski definition) is 6. The van der Waals surface area contributed by atoms with Gasteiger partial charge in [-0.15, -0.1) is 11.3 Å². The molecule has 1 heterocycles. The zero-order valence-electron chi connectivity index (χ0n) is 15.2. The van der Waals surface area contributed by atoms with E-state index in [-0.39, 0.29) is 18.4 Å². The number of nitrogens with zero attached hydrogens (tertiary/aromatic N) is 1. The van der Waals surface area contributed by atoms with Crippen LogP contribution in [0.15, 0.2) is 29.1 Å². The lowest BCUT2D eigenvalue weighted by Gasteiger charge is -2.19. The monoisotopic (exact) mass is 411 g/mol. The normalized spacial score (nSPS) is 12.7. The van der Waals surface area contributed by atoms with E-state index >= 15 is 0 Å². The number of ether oxygens (including phenoxy) is 1. The van der Waals surface area contributed by atoms with Crippen LogP contribution in [0, 0.1) is 11.6 Å². The van der Waals surface area contributed by atoms with Crippen molar-refractivity contribution >= 4 is 29.1 Å². The summed E-state index contributed by atoms with van der Waals surface area (Å²) in [5.74, 6) is -3.44. The molecule has 1 aromatic carbocycles. The summed E-state index contributed by atoms with van der Waals surface area (Å²) < 4.78 is 31.1. The van der Waals surface area contributed by atoms with Gasteiger partial charge in [0.15, 0.2) is 0 Å². The van der Waals surface area contributed by atoms with Crippen molar-refractivity contribution in [1.82, 2.24) is 15.6 Å². The van der Waals surface area contributed by atoms with Gasteiger partial charge in [-0.1, -0.05) is 0 Å². The second-order valence-electron chi connectivity index (χ2n) is 6.01. The summed E-state index contributed by atoms with van der Waals surface area (Å²) in [6.07, 6.45) is -0.156. The van der Waals surface area contributed by atoms with E-state index in [0.717, 1.165) is 12.1 Å². The lowest BCUT2D eigenvalue weighted by atomic mass is 10.1. The molecular weight excluding hydrogens is 392 g/mol. The minimum Gasteiger partial charge on any atom is -0.467 e. The Balaban J connectivity index is 1.93. The molecule has 2 aromatic rings. The molecule has 2 N–H and O–H groups in total. The third-order valence-electron chi connectivity index (χ3n) is 3.76. The van der Waals surface area contributed by atoms with Crippen LogP contribution in [-0.4, -0.2) is 42.0 Å². The van der Waals surface area contributed by atoms with Gasteiger partial charge in [0.2, 0.25) is 11.8 Å². The van der Waals surface area contributed by atoms with E-state index in [9.17, 15) is 23.2 Å². The first-order valence-electron chi connectivity index (χ1n) is 8.28. The van der Waals surface area contributed by atoms with Crippen molar-refractivity contribution in [1.29, 1.82) is 0 Å². The molecule has 0 radical (unpaired) electrons. The molecule has 150 valence electrons. The third-order valence-corrected chi connectivity index (χ3v) is 4.39. The van der Waals surface area contributed by atoms with Crippen molar-refractivity contribution in [2.24, 2.45) is 0 Å². The minimum atomic E-state index is -0.978. The number of aromatic nitrogens is 1. The summed E-state index contributed by atoms with van der Waals surface area (Å²) in [5.41, 5.74) is 2.35. The van der Waals surface area contributed by atoms with E-state index < -0.39 is 41.5 Å². The quantitative estimate of drug-likeness (QED) is 0.640. The largest absolute Gasteiger partial charge is 0.467 e. The molecule has 0 aliphatic carbocycles. The topological polar surface area (TPSA) is 97.4 Å². The zero-order chi connectivity index (χ0) is 20.7. The molecule has 28 heavy (non-hydrogen) atoms. The Morgan fingerprint density at radius 2 is 1.86 bits per heavy atom. The number of carbonyl (C=O) groups excluding carboxylic acids is 3. The van der Waals surface area contributed by atoms with Gasteiger partial charge in [-0.25, -0.2) is 18.6 Å². The molecular formula is C18H19F2N3O4S. The number of benzene rings is 1. The SMILES string of the molecule is COC(=O)[C@H](Cc1cscn1)NC(=O)[C@H](C)NC(=O)Cc1cc(F)cc(F)c1. The Kier molecular flexibility index (Phi) is 7.56. The maximum atomic E-state index is 13.2. The molecule has 1 aromatic heterocycles. The second-order valence-corrected chi connectivity index (χ2v) is 6.73. The van der Waals surface area contributed by atoms with Crippen LogP contribution < -0.4 is 10.6 Å². The summed E-state index contributed by atoms with van der Waals surface area (Å²) in [4.78, 5) is 40.3. The highest BCUT2D eigenvalue weighted by molar-refractivity contribution is 7.07. The van der Waals surface area contributed by atoms with Crippen molar-refractivity contribution in [3.8, 4) is 0 Å². The number of methoxy groups -OCH3 is 1. The first kappa shape index (κ1) is 21.4. The van der Waals surface area contributed by atoms with E-state index in [1.807, 2.05) is 0 Å². The van der Waals surface area contributed by atoms with Gasteiger partial charge >= 0.3 is 5.97 Å². The molecule has 0 fully saturated rings. The molecule has 0 bridgehead atoms. The smallest absolute Gasteiger partial charge is 0.328 e. The van der Waals surface area contributed by atoms with Crippen LogP contribution >= 0.6 is 11.3 Å². The van der Waals surface area contributed by atoms with Gasteiger partial charge in [-0.05, 0) is 24.6 Å². The van der Waals surface area contributed by atoms with Gasteiger partial charge in [-0.2, -0.15) is 0 Å². The molecule has 0 spiro atoms. The minimum absolute atomic E-state index is 0.138. The lowest BCUT2D eigenvalue weighted by molar-refractivity contribution is -0.145. The first-order valence-corrected chi connectivity index (χ1v) is 9.22. The Bertz CT molecular complexity index is 825. The standard InChI is InChI=1S/C18H19F2N3O4S/c1-10(22-16(24)5-11-3-12(19)6-13(20)4-11)17(25)23-15(18(26)27-2)7-14-8-28-9-21-14/h3-4,6,8-10,15H,5,7H2,1-2H3,(H,22,24)(H,23,25)/t10-,15-/m0/s1. The summed E-state index contributed by atoms with van der Waals surface area (Å²) in [6, 6.07) is 0.834. The van der Waals surface area contributed by atoms with Gasteiger partial charge in [0, 0.05) is 17.9 Å². The highest BCUT2D eigenvalue weighted by Gasteiger charge is 2.26. The van der Waals surface area contributed by atoms with E-state index in [1.54, 1.807) is 10.9 Å². The Hall–Kier alpha value is -2.88. The average Bonchev–Trinajstić information content (AvgIpc) is 3.12. The molecule has 2 amide bonds. The number of rotatable bonds is 8. The molecule has 0 aliphatic heterocycles. The van der Waals surface area contributed by atoms with Crippen LogP contribution in [0.4, 0.5) is 8.78 Å². The number of halogens is 2. The predicted octanol–water partition coefficient (Wildman–Crippen LogP) is 1.37. The number of carbonyl (C=O) groups is 3. The Morgan fingerprint density at radius 1 is 1.18 bits per heavy atom. The fourth-order valence-corrected chi connectivity index (χ4v) is 3.01. The predicted molar refractivity (Wildman–Crippen MR) is 97.4 cm³/mol. The number of hydrogen-bond donors (Lipinski definition) is 2. The van der Waals surface area contributed by atoms with E-state index in [4.69, 9.17) is 0 Å². The van der Waals surface area contributed by atoms with E-state index in [2.05, 4.69) is 20.4 Å². The lowest BCUT2D eigenvalue weighted by Crippen LogP contribution is -2.51. The highest BCUT2D eigenvalue weighted by atomic mass is 32.1. The van der Waals surface area contributed by atoms with Gasteiger partial charge < -0.3 is 15.4 Å².